The monoisotopic (exact) mass is 394 g/mol. The summed E-state index contributed by atoms with van der Waals surface area (Å²) >= 11 is 5.92. The third kappa shape index (κ3) is 4.31. The first-order valence-corrected chi connectivity index (χ1v) is 10.4. The predicted molar refractivity (Wildman–Crippen MR) is 105 cm³/mol. The molecule has 1 saturated heterocycles. The van der Waals surface area contributed by atoms with E-state index in [1.807, 2.05) is 24.3 Å². The maximum Gasteiger partial charge on any atom is 0.241 e. The summed E-state index contributed by atoms with van der Waals surface area (Å²) in [5, 5.41) is 0.536. The van der Waals surface area contributed by atoms with Crippen LogP contribution in [0.4, 0.5) is 5.69 Å². The van der Waals surface area contributed by atoms with Crippen molar-refractivity contribution >= 4 is 27.3 Å². The minimum atomic E-state index is -3.54. The molecule has 2 aromatic rings. The Morgan fingerprint density at radius 1 is 1.12 bits per heavy atom. The lowest BCUT2D eigenvalue weighted by Gasteiger charge is -2.34. The number of rotatable bonds is 5. The van der Waals surface area contributed by atoms with Gasteiger partial charge in [0.25, 0.3) is 0 Å². The standard InChI is InChI=1S/C19H23ClN2O3S/c1-14-13-15(20)3-8-19(14)26(23,24)21-16-9-11-22(12-10-16)17-4-6-18(25-2)7-5-17/h3-8,13,16,21H,9-12H2,1-2H3. The van der Waals surface area contributed by atoms with E-state index in [0.717, 1.165) is 37.4 Å². The molecule has 7 heteroatoms. The highest BCUT2D eigenvalue weighted by Crippen LogP contribution is 2.24. The second-order valence-corrected chi connectivity index (χ2v) is 8.61. The Balaban J connectivity index is 1.62. The number of hydrogen-bond donors (Lipinski definition) is 1. The molecule has 0 amide bonds. The van der Waals surface area contributed by atoms with Gasteiger partial charge in [-0.3, -0.25) is 0 Å². The highest BCUT2D eigenvalue weighted by Gasteiger charge is 2.25. The number of aryl methyl sites for hydroxylation is 1. The van der Waals surface area contributed by atoms with Crippen LogP contribution in [0.1, 0.15) is 18.4 Å². The molecule has 0 unspecified atom stereocenters. The predicted octanol–water partition coefficient (Wildman–Crippen LogP) is 3.60. The van der Waals surface area contributed by atoms with Crippen LogP contribution in [0.5, 0.6) is 5.75 Å². The third-order valence-electron chi connectivity index (χ3n) is 4.68. The minimum absolute atomic E-state index is 0.0652. The SMILES string of the molecule is COc1ccc(N2CCC(NS(=O)(=O)c3ccc(Cl)cc3C)CC2)cc1. The van der Waals surface area contributed by atoms with Crippen LogP contribution in [0.3, 0.4) is 0 Å². The summed E-state index contributed by atoms with van der Waals surface area (Å²) in [7, 11) is -1.89. The molecule has 0 radical (unpaired) electrons. The molecule has 140 valence electrons. The number of methoxy groups -OCH3 is 1. The number of hydrogen-bond acceptors (Lipinski definition) is 4. The van der Waals surface area contributed by atoms with Gasteiger partial charge in [0.05, 0.1) is 12.0 Å². The van der Waals surface area contributed by atoms with Gasteiger partial charge in [0.1, 0.15) is 5.75 Å². The van der Waals surface area contributed by atoms with Gasteiger partial charge in [0, 0.05) is 29.8 Å². The molecule has 2 aromatic carbocycles. The van der Waals surface area contributed by atoms with E-state index in [0.29, 0.717) is 15.5 Å². The zero-order valence-corrected chi connectivity index (χ0v) is 16.5. The molecule has 5 nitrogen and oxygen atoms in total. The fourth-order valence-electron chi connectivity index (χ4n) is 3.25. The number of sulfonamides is 1. The summed E-state index contributed by atoms with van der Waals surface area (Å²) in [5.74, 6) is 0.828. The van der Waals surface area contributed by atoms with Crippen LogP contribution in [0, 0.1) is 6.92 Å². The normalized spacial score (nSPS) is 15.9. The average Bonchev–Trinajstić information content (AvgIpc) is 2.62. The number of nitrogens with zero attached hydrogens (tertiary/aromatic N) is 1. The summed E-state index contributed by atoms with van der Waals surface area (Å²) in [4.78, 5) is 2.55. The Hall–Kier alpha value is -1.76. The van der Waals surface area contributed by atoms with Gasteiger partial charge in [0.2, 0.25) is 10.0 Å². The molecule has 1 aliphatic heterocycles. The van der Waals surface area contributed by atoms with Crippen LogP contribution >= 0.6 is 11.6 Å². The molecule has 0 bridgehead atoms. The molecule has 0 spiro atoms. The van der Waals surface area contributed by atoms with Crippen molar-refractivity contribution < 1.29 is 13.2 Å². The fourth-order valence-corrected chi connectivity index (χ4v) is 5.00. The highest BCUT2D eigenvalue weighted by atomic mass is 35.5. The first kappa shape index (κ1) is 19.0. The number of benzene rings is 2. The summed E-state index contributed by atoms with van der Waals surface area (Å²) in [5.41, 5.74) is 1.78. The maximum absolute atomic E-state index is 12.7. The zero-order chi connectivity index (χ0) is 18.7. The fraction of sp³-hybridized carbons (Fsp3) is 0.368. The van der Waals surface area contributed by atoms with E-state index in [-0.39, 0.29) is 6.04 Å². The second-order valence-electron chi connectivity index (χ2n) is 6.49. The smallest absolute Gasteiger partial charge is 0.241 e. The first-order chi connectivity index (χ1) is 12.4. The van der Waals surface area contributed by atoms with Crippen LogP contribution in [0.2, 0.25) is 5.02 Å². The van der Waals surface area contributed by atoms with E-state index < -0.39 is 10.0 Å². The van der Waals surface area contributed by atoms with Crippen molar-refractivity contribution in [2.24, 2.45) is 0 Å². The summed E-state index contributed by atoms with van der Waals surface area (Å²) < 4.78 is 33.4. The van der Waals surface area contributed by atoms with Crippen molar-refractivity contribution in [2.75, 3.05) is 25.1 Å². The van der Waals surface area contributed by atoms with Crippen LogP contribution in [0.15, 0.2) is 47.4 Å². The molecule has 1 heterocycles. The van der Waals surface area contributed by atoms with Gasteiger partial charge in [-0.1, -0.05) is 11.6 Å². The molecular weight excluding hydrogens is 372 g/mol. The van der Waals surface area contributed by atoms with E-state index in [2.05, 4.69) is 9.62 Å². The largest absolute Gasteiger partial charge is 0.497 e. The van der Waals surface area contributed by atoms with E-state index in [1.165, 1.54) is 0 Å². The summed E-state index contributed by atoms with van der Waals surface area (Å²) in [6.07, 6.45) is 1.52. The number of halogens is 1. The van der Waals surface area contributed by atoms with Gasteiger partial charge in [-0.2, -0.15) is 0 Å². The minimum Gasteiger partial charge on any atom is -0.497 e. The summed E-state index contributed by atoms with van der Waals surface area (Å²) in [6, 6.07) is 12.7. The zero-order valence-electron chi connectivity index (χ0n) is 14.9. The molecule has 1 aliphatic rings. The van der Waals surface area contributed by atoms with Gasteiger partial charge in [0.15, 0.2) is 0 Å². The Labute approximate surface area is 160 Å². The van der Waals surface area contributed by atoms with Crippen LogP contribution < -0.4 is 14.4 Å². The third-order valence-corrected chi connectivity index (χ3v) is 6.60. The lowest BCUT2D eigenvalue weighted by Crippen LogP contribution is -2.44. The number of nitrogens with one attached hydrogen (secondary N) is 1. The van der Waals surface area contributed by atoms with Gasteiger partial charge >= 0.3 is 0 Å². The summed E-state index contributed by atoms with van der Waals surface area (Å²) in [6.45, 7) is 3.37. The Morgan fingerprint density at radius 2 is 1.77 bits per heavy atom. The molecule has 0 aromatic heterocycles. The van der Waals surface area contributed by atoms with E-state index in [1.54, 1.807) is 32.2 Å². The highest BCUT2D eigenvalue weighted by molar-refractivity contribution is 7.89. The van der Waals surface area contributed by atoms with Crippen LogP contribution in [-0.4, -0.2) is 34.7 Å². The number of ether oxygens (including phenoxy) is 1. The Kier molecular flexibility index (Phi) is 5.75. The van der Waals surface area contributed by atoms with E-state index in [9.17, 15) is 8.42 Å². The Morgan fingerprint density at radius 3 is 2.35 bits per heavy atom. The van der Waals surface area contributed by atoms with Gasteiger partial charge in [-0.25, -0.2) is 13.1 Å². The van der Waals surface area contributed by atoms with Gasteiger partial charge in [-0.15, -0.1) is 0 Å². The van der Waals surface area contributed by atoms with Crippen molar-refractivity contribution in [1.82, 2.24) is 4.72 Å². The maximum atomic E-state index is 12.7. The molecule has 0 aliphatic carbocycles. The van der Waals surface area contributed by atoms with Gasteiger partial charge in [-0.05, 0) is 67.8 Å². The topological polar surface area (TPSA) is 58.6 Å². The van der Waals surface area contributed by atoms with Crippen molar-refractivity contribution in [3.8, 4) is 5.75 Å². The molecule has 0 saturated carbocycles. The van der Waals surface area contributed by atoms with Crippen molar-refractivity contribution in [1.29, 1.82) is 0 Å². The van der Waals surface area contributed by atoms with E-state index in [4.69, 9.17) is 16.3 Å². The Bertz CT molecular complexity index is 861. The van der Waals surface area contributed by atoms with Crippen molar-refractivity contribution in [3.63, 3.8) is 0 Å². The van der Waals surface area contributed by atoms with E-state index >= 15 is 0 Å². The molecule has 1 fully saturated rings. The lowest BCUT2D eigenvalue weighted by atomic mass is 10.1. The van der Waals surface area contributed by atoms with Crippen molar-refractivity contribution in [3.05, 3.63) is 53.1 Å². The number of piperidine rings is 1. The molecule has 26 heavy (non-hydrogen) atoms. The second kappa shape index (κ2) is 7.86. The molecule has 3 rings (SSSR count). The molecular formula is C19H23ClN2O3S. The number of anilines is 1. The quantitative estimate of drug-likeness (QED) is 0.841. The van der Waals surface area contributed by atoms with Crippen LogP contribution in [0.25, 0.3) is 0 Å². The van der Waals surface area contributed by atoms with Crippen LogP contribution in [-0.2, 0) is 10.0 Å². The first-order valence-electron chi connectivity index (χ1n) is 8.56. The van der Waals surface area contributed by atoms with Gasteiger partial charge < -0.3 is 9.64 Å². The molecule has 0 atom stereocenters. The average molecular weight is 395 g/mol. The van der Waals surface area contributed by atoms with Crippen molar-refractivity contribution in [2.45, 2.75) is 30.7 Å². The molecule has 1 N–H and O–H groups in total. The lowest BCUT2D eigenvalue weighted by molar-refractivity contribution is 0.414.